The highest BCUT2D eigenvalue weighted by atomic mass is 16.5. The molecular formula is C15H23NO. The highest BCUT2D eigenvalue weighted by Crippen LogP contribution is 2.33. The molecule has 1 heterocycles. The van der Waals surface area contributed by atoms with Gasteiger partial charge in [-0.15, -0.1) is 0 Å². The Balaban J connectivity index is 2.09. The summed E-state index contributed by atoms with van der Waals surface area (Å²) in [5.41, 5.74) is 8.82. The molecule has 2 N–H and O–H groups in total. The lowest BCUT2D eigenvalue weighted by atomic mass is 9.95. The molecule has 0 aliphatic carbocycles. The fraction of sp³-hybridized carbons (Fsp3) is 0.600. The van der Waals surface area contributed by atoms with E-state index in [-0.39, 0.29) is 6.04 Å². The van der Waals surface area contributed by atoms with Crippen molar-refractivity contribution in [3.8, 4) is 5.75 Å². The third-order valence-corrected chi connectivity index (χ3v) is 3.48. The Labute approximate surface area is 104 Å². The number of fused-ring (bicyclic) bond motifs is 1. The van der Waals surface area contributed by atoms with Crippen molar-refractivity contribution in [3.63, 3.8) is 0 Å². The molecule has 2 nitrogen and oxygen atoms in total. The van der Waals surface area contributed by atoms with Crippen LogP contribution in [0.25, 0.3) is 0 Å². The van der Waals surface area contributed by atoms with Crippen LogP contribution in [0, 0.1) is 0 Å². The van der Waals surface area contributed by atoms with Crippen LogP contribution >= 0.6 is 0 Å². The second-order valence-electron chi connectivity index (χ2n) is 4.89. The number of nitrogens with two attached hydrogens (primary N) is 1. The first kappa shape index (κ1) is 12.4. The third-order valence-electron chi connectivity index (χ3n) is 3.48. The molecule has 0 spiro atoms. The van der Waals surface area contributed by atoms with Crippen molar-refractivity contribution in [3.05, 3.63) is 29.3 Å². The van der Waals surface area contributed by atoms with Crippen molar-refractivity contribution in [2.75, 3.05) is 6.61 Å². The number of benzene rings is 1. The van der Waals surface area contributed by atoms with Gasteiger partial charge in [0.2, 0.25) is 0 Å². The SMILES string of the molecule is CCCCCC(N)c1cccc2c1OCCC2. The number of hydrogen-bond donors (Lipinski definition) is 1. The summed E-state index contributed by atoms with van der Waals surface area (Å²) in [6, 6.07) is 6.54. The van der Waals surface area contributed by atoms with E-state index in [1.807, 2.05) is 0 Å². The maximum absolute atomic E-state index is 6.28. The molecular weight excluding hydrogens is 210 g/mol. The summed E-state index contributed by atoms with van der Waals surface area (Å²) >= 11 is 0. The average Bonchev–Trinajstić information content (AvgIpc) is 2.38. The van der Waals surface area contributed by atoms with Crippen LogP contribution in [-0.2, 0) is 6.42 Å². The Morgan fingerprint density at radius 1 is 1.35 bits per heavy atom. The van der Waals surface area contributed by atoms with Gasteiger partial charge in [-0.05, 0) is 24.8 Å². The summed E-state index contributed by atoms with van der Waals surface area (Å²) in [6.07, 6.45) is 7.04. The van der Waals surface area contributed by atoms with Crippen LogP contribution < -0.4 is 10.5 Å². The molecule has 0 saturated heterocycles. The van der Waals surface area contributed by atoms with Crippen molar-refractivity contribution in [1.82, 2.24) is 0 Å². The zero-order valence-electron chi connectivity index (χ0n) is 10.7. The quantitative estimate of drug-likeness (QED) is 0.789. The van der Waals surface area contributed by atoms with Crippen LogP contribution in [0.5, 0.6) is 5.75 Å². The number of para-hydroxylation sites is 1. The van der Waals surface area contributed by atoms with Gasteiger partial charge in [-0.1, -0.05) is 44.4 Å². The first-order valence-corrected chi connectivity index (χ1v) is 6.83. The van der Waals surface area contributed by atoms with Crippen molar-refractivity contribution in [1.29, 1.82) is 0 Å². The molecule has 1 aromatic carbocycles. The normalized spacial score (nSPS) is 16.1. The van der Waals surface area contributed by atoms with Gasteiger partial charge in [0.05, 0.1) is 6.61 Å². The number of aryl methyl sites for hydroxylation is 1. The number of unbranched alkanes of at least 4 members (excludes halogenated alkanes) is 2. The van der Waals surface area contributed by atoms with Crippen LogP contribution in [0.2, 0.25) is 0 Å². The lowest BCUT2D eigenvalue weighted by molar-refractivity contribution is 0.282. The molecule has 1 atom stereocenters. The lowest BCUT2D eigenvalue weighted by Gasteiger charge is -2.23. The standard InChI is InChI=1S/C15H23NO/c1-2-3-4-10-14(16)13-9-5-7-12-8-6-11-17-15(12)13/h5,7,9,14H,2-4,6,8,10-11,16H2,1H3. The highest BCUT2D eigenvalue weighted by Gasteiger charge is 2.18. The van der Waals surface area contributed by atoms with Gasteiger partial charge in [0.25, 0.3) is 0 Å². The molecule has 0 fully saturated rings. The zero-order chi connectivity index (χ0) is 12.1. The number of hydrogen-bond acceptors (Lipinski definition) is 2. The minimum absolute atomic E-state index is 0.134. The molecule has 0 amide bonds. The summed E-state index contributed by atoms with van der Waals surface area (Å²) in [6.45, 7) is 3.06. The Bertz CT molecular complexity index is 362. The van der Waals surface area contributed by atoms with Crippen LogP contribution in [0.1, 0.15) is 56.2 Å². The van der Waals surface area contributed by atoms with E-state index in [2.05, 4.69) is 25.1 Å². The van der Waals surface area contributed by atoms with Gasteiger partial charge < -0.3 is 10.5 Å². The van der Waals surface area contributed by atoms with E-state index in [9.17, 15) is 0 Å². The van der Waals surface area contributed by atoms with E-state index in [1.165, 1.54) is 30.4 Å². The maximum atomic E-state index is 6.28. The Morgan fingerprint density at radius 3 is 3.06 bits per heavy atom. The van der Waals surface area contributed by atoms with Crippen molar-refractivity contribution >= 4 is 0 Å². The molecule has 1 unspecified atom stereocenters. The fourth-order valence-corrected chi connectivity index (χ4v) is 2.48. The van der Waals surface area contributed by atoms with Crippen molar-refractivity contribution in [2.24, 2.45) is 5.73 Å². The van der Waals surface area contributed by atoms with Gasteiger partial charge in [0.1, 0.15) is 5.75 Å². The van der Waals surface area contributed by atoms with Gasteiger partial charge in [0.15, 0.2) is 0 Å². The minimum atomic E-state index is 0.134. The lowest BCUT2D eigenvalue weighted by Crippen LogP contribution is -2.16. The zero-order valence-corrected chi connectivity index (χ0v) is 10.7. The third kappa shape index (κ3) is 3.01. The smallest absolute Gasteiger partial charge is 0.127 e. The molecule has 2 heteroatoms. The molecule has 2 rings (SSSR count). The van der Waals surface area contributed by atoms with Crippen molar-refractivity contribution < 1.29 is 4.74 Å². The molecule has 0 radical (unpaired) electrons. The largest absolute Gasteiger partial charge is 0.493 e. The molecule has 1 aromatic rings. The first-order valence-electron chi connectivity index (χ1n) is 6.83. The van der Waals surface area contributed by atoms with Crippen LogP contribution in [0.3, 0.4) is 0 Å². The molecule has 1 aliphatic heterocycles. The molecule has 94 valence electrons. The summed E-state index contributed by atoms with van der Waals surface area (Å²) in [5.74, 6) is 1.07. The second kappa shape index (κ2) is 6.06. The number of rotatable bonds is 5. The fourth-order valence-electron chi connectivity index (χ4n) is 2.48. The predicted molar refractivity (Wildman–Crippen MR) is 71.3 cm³/mol. The van der Waals surface area contributed by atoms with Gasteiger partial charge >= 0.3 is 0 Å². The Morgan fingerprint density at radius 2 is 2.24 bits per heavy atom. The van der Waals surface area contributed by atoms with E-state index < -0.39 is 0 Å². The monoisotopic (exact) mass is 233 g/mol. The van der Waals surface area contributed by atoms with E-state index in [0.717, 1.165) is 31.6 Å². The first-order chi connectivity index (χ1) is 8.33. The molecule has 1 aliphatic rings. The Kier molecular flexibility index (Phi) is 4.43. The molecule has 0 bridgehead atoms. The summed E-state index contributed by atoms with van der Waals surface area (Å²) in [7, 11) is 0. The van der Waals surface area contributed by atoms with Gasteiger partial charge in [-0.25, -0.2) is 0 Å². The van der Waals surface area contributed by atoms with Crippen molar-refractivity contribution in [2.45, 2.75) is 51.5 Å². The highest BCUT2D eigenvalue weighted by molar-refractivity contribution is 5.44. The maximum Gasteiger partial charge on any atom is 0.127 e. The summed E-state index contributed by atoms with van der Waals surface area (Å²) in [4.78, 5) is 0. The summed E-state index contributed by atoms with van der Waals surface area (Å²) in [5, 5.41) is 0. The molecule has 0 aromatic heterocycles. The van der Waals surface area contributed by atoms with Gasteiger partial charge in [-0.2, -0.15) is 0 Å². The molecule has 0 saturated carbocycles. The second-order valence-corrected chi connectivity index (χ2v) is 4.89. The minimum Gasteiger partial charge on any atom is -0.493 e. The van der Waals surface area contributed by atoms with Gasteiger partial charge in [0, 0.05) is 11.6 Å². The number of ether oxygens (including phenoxy) is 1. The van der Waals surface area contributed by atoms with E-state index >= 15 is 0 Å². The van der Waals surface area contributed by atoms with Crippen LogP contribution in [0.15, 0.2) is 18.2 Å². The summed E-state index contributed by atoms with van der Waals surface area (Å²) < 4.78 is 5.80. The Hall–Kier alpha value is -1.02. The van der Waals surface area contributed by atoms with Crippen LogP contribution in [-0.4, -0.2) is 6.61 Å². The van der Waals surface area contributed by atoms with E-state index in [4.69, 9.17) is 10.5 Å². The van der Waals surface area contributed by atoms with Gasteiger partial charge in [-0.3, -0.25) is 0 Å². The predicted octanol–water partition coefficient (Wildman–Crippen LogP) is 3.59. The molecule has 17 heavy (non-hydrogen) atoms. The topological polar surface area (TPSA) is 35.2 Å². The van der Waals surface area contributed by atoms with E-state index in [0.29, 0.717) is 0 Å². The average molecular weight is 233 g/mol. The van der Waals surface area contributed by atoms with Crippen LogP contribution in [0.4, 0.5) is 0 Å². The van der Waals surface area contributed by atoms with E-state index in [1.54, 1.807) is 0 Å².